The lowest BCUT2D eigenvalue weighted by atomic mass is 9.82. The van der Waals surface area contributed by atoms with Gasteiger partial charge in [0, 0.05) is 20.0 Å². The van der Waals surface area contributed by atoms with Crippen LogP contribution in [0.1, 0.15) is 19.3 Å². The summed E-state index contributed by atoms with van der Waals surface area (Å²) >= 11 is 0. The maximum Gasteiger partial charge on any atom is 0.224 e. The van der Waals surface area contributed by atoms with Crippen molar-refractivity contribution in [1.82, 2.24) is 19.7 Å². The van der Waals surface area contributed by atoms with Crippen LogP contribution < -0.4 is 0 Å². The molecule has 1 aromatic rings. The van der Waals surface area contributed by atoms with Crippen LogP contribution in [0.2, 0.25) is 0 Å². The number of nitrogens with zero attached hydrogens (tertiary/aromatic N) is 4. The molecule has 1 aliphatic carbocycles. The van der Waals surface area contributed by atoms with Crippen molar-refractivity contribution >= 4 is 5.91 Å². The molecular weight excluding hydrogens is 220 g/mol. The van der Waals surface area contributed by atoms with E-state index < -0.39 is 0 Å². The van der Waals surface area contributed by atoms with Gasteiger partial charge in [-0.1, -0.05) is 0 Å². The first kappa shape index (κ1) is 12.0. The Labute approximate surface area is 100 Å². The molecule has 1 aromatic heterocycles. The highest BCUT2D eigenvalue weighted by Crippen LogP contribution is 2.27. The molecule has 94 valence electrons. The molecule has 0 spiro atoms. The Kier molecular flexibility index (Phi) is 3.73. The summed E-state index contributed by atoms with van der Waals surface area (Å²) in [5.41, 5.74) is 0. The molecule has 1 N–H and O–H groups in total. The molecule has 1 aliphatic rings. The second kappa shape index (κ2) is 5.27. The second-order valence-electron chi connectivity index (χ2n) is 4.67. The van der Waals surface area contributed by atoms with Crippen LogP contribution in [0.15, 0.2) is 12.7 Å². The number of amides is 1. The van der Waals surface area contributed by atoms with Gasteiger partial charge in [-0.15, -0.1) is 0 Å². The first-order valence-corrected chi connectivity index (χ1v) is 5.89. The van der Waals surface area contributed by atoms with Crippen molar-refractivity contribution in [3.63, 3.8) is 0 Å². The molecular formula is C11H18N4O2. The van der Waals surface area contributed by atoms with Gasteiger partial charge in [-0.05, 0) is 18.8 Å². The van der Waals surface area contributed by atoms with Crippen molar-refractivity contribution in [3.05, 3.63) is 12.7 Å². The van der Waals surface area contributed by atoms with E-state index in [9.17, 15) is 9.90 Å². The standard InChI is InChI=1S/C11H18N4O2/c1-14(6-9-4-10(16)5-9)11(17)2-3-15-8-12-7-13-15/h7-10,16H,2-6H2,1H3. The Bertz CT molecular complexity index is 360. The average molecular weight is 238 g/mol. The fourth-order valence-corrected chi connectivity index (χ4v) is 2.09. The molecule has 1 amide bonds. The van der Waals surface area contributed by atoms with E-state index in [0.29, 0.717) is 18.9 Å². The van der Waals surface area contributed by atoms with Crippen LogP contribution in [-0.4, -0.2) is 50.4 Å². The Morgan fingerprint density at radius 1 is 1.59 bits per heavy atom. The maximum atomic E-state index is 11.8. The molecule has 0 saturated heterocycles. The van der Waals surface area contributed by atoms with Crippen LogP contribution in [0.5, 0.6) is 0 Å². The number of rotatable bonds is 5. The van der Waals surface area contributed by atoms with Gasteiger partial charge in [-0.25, -0.2) is 4.98 Å². The van der Waals surface area contributed by atoms with Crippen molar-refractivity contribution in [2.24, 2.45) is 5.92 Å². The molecule has 1 heterocycles. The molecule has 6 nitrogen and oxygen atoms in total. The number of carbonyl (C=O) groups excluding carboxylic acids is 1. The molecule has 1 saturated carbocycles. The molecule has 0 atom stereocenters. The van der Waals surface area contributed by atoms with Crippen LogP contribution >= 0.6 is 0 Å². The molecule has 0 unspecified atom stereocenters. The van der Waals surface area contributed by atoms with Gasteiger partial charge in [0.15, 0.2) is 0 Å². The van der Waals surface area contributed by atoms with E-state index in [0.717, 1.165) is 19.4 Å². The van der Waals surface area contributed by atoms with Gasteiger partial charge in [0.25, 0.3) is 0 Å². The first-order valence-electron chi connectivity index (χ1n) is 5.89. The van der Waals surface area contributed by atoms with Gasteiger partial charge in [0.2, 0.25) is 5.91 Å². The van der Waals surface area contributed by atoms with Crippen molar-refractivity contribution in [1.29, 1.82) is 0 Å². The minimum absolute atomic E-state index is 0.113. The summed E-state index contributed by atoms with van der Waals surface area (Å²) in [4.78, 5) is 17.4. The number of aryl methyl sites for hydroxylation is 1. The molecule has 0 radical (unpaired) electrons. The molecule has 6 heteroatoms. The molecule has 1 fully saturated rings. The molecule has 0 aromatic carbocycles. The van der Waals surface area contributed by atoms with Gasteiger partial charge in [-0.3, -0.25) is 9.48 Å². The Hall–Kier alpha value is -1.43. The maximum absolute atomic E-state index is 11.8. The summed E-state index contributed by atoms with van der Waals surface area (Å²) in [5.74, 6) is 0.576. The van der Waals surface area contributed by atoms with Crippen LogP contribution in [0, 0.1) is 5.92 Å². The highest BCUT2D eigenvalue weighted by atomic mass is 16.3. The van der Waals surface area contributed by atoms with E-state index in [2.05, 4.69) is 10.1 Å². The van der Waals surface area contributed by atoms with Gasteiger partial charge >= 0.3 is 0 Å². The van der Waals surface area contributed by atoms with Crippen LogP contribution in [-0.2, 0) is 11.3 Å². The van der Waals surface area contributed by atoms with Crippen molar-refractivity contribution in [2.75, 3.05) is 13.6 Å². The third-order valence-corrected chi connectivity index (χ3v) is 3.19. The van der Waals surface area contributed by atoms with Crippen LogP contribution in [0.25, 0.3) is 0 Å². The smallest absolute Gasteiger partial charge is 0.224 e. The van der Waals surface area contributed by atoms with Crippen molar-refractivity contribution in [2.45, 2.75) is 31.9 Å². The van der Waals surface area contributed by atoms with E-state index in [1.807, 2.05) is 7.05 Å². The van der Waals surface area contributed by atoms with Crippen LogP contribution in [0.4, 0.5) is 0 Å². The number of hydrogen-bond acceptors (Lipinski definition) is 4. The summed E-state index contributed by atoms with van der Waals surface area (Å²) in [6, 6.07) is 0. The lowest BCUT2D eigenvalue weighted by molar-refractivity contribution is -0.131. The van der Waals surface area contributed by atoms with E-state index in [4.69, 9.17) is 0 Å². The minimum atomic E-state index is -0.154. The van der Waals surface area contributed by atoms with Crippen LogP contribution in [0.3, 0.4) is 0 Å². The highest BCUT2D eigenvalue weighted by Gasteiger charge is 2.28. The quantitative estimate of drug-likeness (QED) is 0.777. The molecule has 2 rings (SSSR count). The summed E-state index contributed by atoms with van der Waals surface area (Å²) in [7, 11) is 1.81. The van der Waals surface area contributed by atoms with E-state index >= 15 is 0 Å². The van der Waals surface area contributed by atoms with E-state index in [1.54, 1.807) is 15.9 Å². The van der Waals surface area contributed by atoms with Gasteiger partial charge in [0.05, 0.1) is 12.6 Å². The third kappa shape index (κ3) is 3.26. The molecule has 17 heavy (non-hydrogen) atoms. The Balaban J connectivity index is 1.68. The lowest BCUT2D eigenvalue weighted by Crippen LogP contribution is -2.39. The van der Waals surface area contributed by atoms with E-state index in [-0.39, 0.29) is 12.0 Å². The average Bonchev–Trinajstić information content (AvgIpc) is 2.76. The van der Waals surface area contributed by atoms with Crippen molar-refractivity contribution in [3.8, 4) is 0 Å². The molecule has 0 bridgehead atoms. The number of aliphatic hydroxyl groups is 1. The largest absolute Gasteiger partial charge is 0.393 e. The SMILES string of the molecule is CN(CC1CC(O)C1)C(=O)CCn1cncn1. The fraction of sp³-hybridized carbons (Fsp3) is 0.727. The third-order valence-electron chi connectivity index (χ3n) is 3.19. The first-order chi connectivity index (χ1) is 8.15. The van der Waals surface area contributed by atoms with Gasteiger partial charge < -0.3 is 10.0 Å². The zero-order valence-corrected chi connectivity index (χ0v) is 9.99. The highest BCUT2D eigenvalue weighted by molar-refractivity contribution is 5.75. The second-order valence-corrected chi connectivity index (χ2v) is 4.67. The summed E-state index contributed by atoms with van der Waals surface area (Å²) in [6.07, 6.45) is 4.99. The van der Waals surface area contributed by atoms with Gasteiger partial charge in [-0.2, -0.15) is 5.10 Å². The molecule has 0 aliphatic heterocycles. The summed E-state index contributed by atoms with van der Waals surface area (Å²) in [6.45, 7) is 1.31. The summed E-state index contributed by atoms with van der Waals surface area (Å²) in [5, 5.41) is 13.1. The fourth-order valence-electron chi connectivity index (χ4n) is 2.09. The number of carbonyl (C=O) groups is 1. The predicted molar refractivity (Wildman–Crippen MR) is 61.0 cm³/mol. The zero-order valence-electron chi connectivity index (χ0n) is 9.99. The zero-order chi connectivity index (χ0) is 12.3. The number of aliphatic hydroxyl groups excluding tert-OH is 1. The normalized spacial score (nSPS) is 23.2. The minimum Gasteiger partial charge on any atom is -0.393 e. The summed E-state index contributed by atoms with van der Waals surface area (Å²) < 4.78 is 1.65. The number of hydrogen-bond donors (Lipinski definition) is 1. The Morgan fingerprint density at radius 3 is 2.94 bits per heavy atom. The lowest BCUT2D eigenvalue weighted by Gasteiger charge is -2.34. The number of aromatic nitrogens is 3. The Morgan fingerprint density at radius 2 is 2.35 bits per heavy atom. The topological polar surface area (TPSA) is 71.2 Å². The van der Waals surface area contributed by atoms with Crippen molar-refractivity contribution < 1.29 is 9.90 Å². The van der Waals surface area contributed by atoms with E-state index in [1.165, 1.54) is 6.33 Å². The van der Waals surface area contributed by atoms with Gasteiger partial charge in [0.1, 0.15) is 12.7 Å². The monoisotopic (exact) mass is 238 g/mol. The predicted octanol–water partition coefficient (Wildman–Crippen LogP) is -0.103.